The fraction of sp³-hybridized carbons (Fsp3) is 0.300. The Balaban J connectivity index is 2.18. The van der Waals surface area contributed by atoms with Gasteiger partial charge >= 0.3 is 5.97 Å². The van der Waals surface area contributed by atoms with Crippen molar-refractivity contribution in [1.29, 1.82) is 0 Å². The molecule has 0 aliphatic rings. The lowest BCUT2D eigenvalue weighted by atomic mass is 10.0. The van der Waals surface area contributed by atoms with Gasteiger partial charge in [-0.15, -0.1) is 0 Å². The van der Waals surface area contributed by atoms with E-state index in [1.807, 2.05) is 32.0 Å². The van der Waals surface area contributed by atoms with Gasteiger partial charge in [0.1, 0.15) is 5.56 Å². The minimum absolute atomic E-state index is 0.178. The van der Waals surface area contributed by atoms with Gasteiger partial charge in [0.25, 0.3) is 17.3 Å². The number of ether oxygens (including phenoxy) is 1. The van der Waals surface area contributed by atoms with E-state index in [2.05, 4.69) is 5.32 Å². The van der Waals surface area contributed by atoms with Crippen molar-refractivity contribution < 1.29 is 24.2 Å². The maximum Gasteiger partial charge on any atom is 0.339 e. The van der Waals surface area contributed by atoms with Gasteiger partial charge in [0.2, 0.25) is 0 Å². The number of nitrogens with one attached hydrogen (secondary N) is 1. The van der Waals surface area contributed by atoms with Crippen molar-refractivity contribution in [2.45, 2.75) is 33.6 Å². The molecule has 0 aliphatic heterocycles. The topological polar surface area (TPSA) is 142 Å². The van der Waals surface area contributed by atoms with Crippen molar-refractivity contribution in [2.24, 2.45) is 0 Å². The second-order valence-electron chi connectivity index (χ2n) is 6.44. The van der Waals surface area contributed by atoms with Gasteiger partial charge in [-0.25, -0.2) is 4.79 Å². The van der Waals surface area contributed by atoms with E-state index >= 15 is 0 Å². The number of nitro groups is 2. The monoisotopic (exact) mass is 415 g/mol. The van der Waals surface area contributed by atoms with Crippen molar-refractivity contribution in [1.82, 2.24) is 0 Å². The molecular formula is C20H21N3O7. The number of amides is 1. The van der Waals surface area contributed by atoms with Crippen LogP contribution in [0.15, 0.2) is 30.3 Å². The molecule has 1 amide bonds. The average molecular weight is 415 g/mol. The first-order chi connectivity index (χ1) is 14.2. The van der Waals surface area contributed by atoms with E-state index in [0.29, 0.717) is 18.5 Å². The number of para-hydroxylation sites is 1. The Morgan fingerprint density at radius 1 is 1.00 bits per heavy atom. The highest BCUT2D eigenvalue weighted by atomic mass is 16.6. The molecule has 0 aliphatic carbocycles. The Morgan fingerprint density at radius 3 is 1.93 bits per heavy atom. The van der Waals surface area contributed by atoms with Crippen LogP contribution in [0.2, 0.25) is 0 Å². The number of hydrogen-bond donors (Lipinski definition) is 1. The van der Waals surface area contributed by atoms with Gasteiger partial charge in [-0.1, -0.05) is 32.0 Å². The number of hydrogen-bond acceptors (Lipinski definition) is 7. The summed E-state index contributed by atoms with van der Waals surface area (Å²) in [4.78, 5) is 45.2. The third kappa shape index (κ3) is 4.96. The SMILES string of the molecule is CCc1cccc(CC)c1NC(=O)COC(=O)c1cc([N+](=O)[O-])c(C)c([N+](=O)[O-])c1. The third-order valence-corrected chi connectivity index (χ3v) is 4.58. The van der Waals surface area contributed by atoms with Crippen molar-refractivity contribution in [3.8, 4) is 0 Å². The highest BCUT2D eigenvalue weighted by Crippen LogP contribution is 2.29. The molecule has 10 nitrogen and oxygen atoms in total. The molecule has 0 heterocycles. The van der Waals surface area contributed by atoms with E-state index in [0.717, 1.165) is 23.3 Å². The molecule has 0 bridgehead atoms. The molecule has 10 heteroatoms. The number of carbonyl (C=O) groups excluding carboxylic acids is 2. The predicted molar refractivity (Wildman–Crippen MR) is 109 cm³/mol. The first kappa shape index (κ1) is 22.5. The summed E-state index contributed by atoms with van der Waals surface area (Å²) in [6.07, 6.45) is 1.39. The van der Waals surface area contributed by atoms with Crippen molar-refractivity contribution in [3.63, 3.8) is 0 Å². The van der Waals surface area contributed by atoms with Gasteiger partial charge in [0.15, 0.2) is 6.61 Å². The molecule has 0 spiro atoms. The number of nitrogens with zero attached hydrogens (tertiary/aromatic N) is 2. The molecule has 0 saturated carbocycles. The Morgan fingerprint density at radius 2 is 1.50 bits per heavy atom. The van der Waals surface area contributed by atoms with Gasteiger partial charge in [0.05, 0.1) is 15.4 Å². The van der Waals surface area contributed by atoms with Crippen molar-refractivity contribution in [2.75, 3.05) is 11.9 Å². The van der Waals surface area contributed by atoms with Crippen LogP contribution in [0.25, 0.3) is 0 Å². The normalized spacial score (nSPS) is 10.4. The summed E-state index contributed by atoms with van der Waals surface area (Å²) < 4.78 is 4.92. The molecule has 0 atom stereocenters. The van der Waals surface area contributed by atoms with Crippen LogP contribution in [-0.4, -0.2) is 28.3 Å². The van der Waals surface area contributed by atoms with Crippen molar-refractivity contribution in [3.05, 3.63) is 72.8 Å². The highest BCUT2D eigenvalue weighted by molar-refractivity contribution is 5.97. The first-order valence-corrected chi connectivity index (χ1v) is 9.20. The van der Waals surface area contributed by atoms with Crippen LogP contribution in [0.5, 0.6) is 0 Å². The van der Waals surface area contributed by atoms with Crippen LogP contribution in [0.3, 0.4) is 0 Å². The molecule has 30 heavy (non-hydrogen) atoms. The standard InChI is InChI=1S/C20H21N3O7/c1-4-13-7-6-8-14(5-2)19(13)21-18(24)11-30-20(25)15-9-16(22(26)27)12(3)17(10-15)23(28)29/h6-10H,4-5,11H2,1-3H3,(H,21,24). The van der Waals surface area contributed by atoms with Crippen LogP contribution in [0.4, 0.5) is 17.1 Å². The number of aryl methyl sites for hydroxylation is 2. The van der Waals surface area contributed by atoms with Crippen LogP contribution >= 0.6 is 0 Å². The maximum atomic E-state index is 12.3. The van der Waals surface area contributed by atoms with E-state index in [4.69, 9.17) is 4.74 Å². The predicted octanol–water partition coefficient (Wildman–Crippen LogP) is 3.73. The quantitative estimate of drug-likeness (QED) is 0.393. The third-order valence-electron chi connectivity index (χ3n) is 4.58. The zero-order chi connectivity index (χ0) is 22.4. The summed E-state index contributed by atoms with van der Waals surface area (Å²) >= 11 is 0. The van der Waals surface area contributed by atoms with Crippen LogP contribution in [0, 0.1) is 27.2 Å². The Labute approximate surface area is 172 Å². The largest absolute Gasteiger partial charge is 0.452 e. The fourth-order valence-electron chi connectivity index (χ4n) is 2.97. The summed E-state index contributed by atoms with van der Waals surface area (Å²) in [5.74, 6) is -1.66. The second-order valence-corrected chi connectivity index (χ2v) is 6.44. The summed E-state index contributed by atoms with van der Waals surface area (Å²) in [7, 11) is 0. The molecule has 2 aromatic carbocycles. The molecule has 0 aromatic heterocycles. The molecular weight excluding hydrogens is 394 g/mol. The Hall–Kier alpha value is -3.82. The van der Waals surface area contributed by atoms with Gasteiger partial charge in [-0.3, -0.25) is 25.0 Å². The number of benzene rings is 2. The number of esters is 1. The smallest absolute Gasteiger partial charge is 0.339 e. The zero-order valence-electron chi connectivity index (χ0n) is 16.8. The molecule has 158 valence electrons. The fourth-order valence-corrected chi connectivity index (χ4v) is 2.97. The van der Waals surface area contributed by atoms with Gasteiger partial charge in [-0.2, -0.15) is 0 Å². The van der Waals surface area contributed by atoms with Crippen LogP contribution in [0.1, 0.15) is 40.9 Å². The minimum Gasteiger partial charge on any atom is -0.452 e. The molecule has 0 fully saturated rings. The second kappa shape index (κ2) is 9.59. The van der Waals surface area contributed by atoms with E-state index in [1.54, 1.807) is 0 Å². The number of carbonyl (C=O) groups is 2. The van der Waals surface area contributed by atoms with E-state index < -0.39 is 39.7 Å². The van der Waals surface area contributed by atoms with Crippen LogP contribution < -0.4 is 5.32 Å². The molecule has 0 radical (unpaired) electrons. The molecule has 2 aromatic rings. The molecule has 2 rings (SSSR count). The summed E-state index contributed by atoms with van der Waals surface area (Å²) in [5, 5.41) is 25.0. The molecule has 1 N–H and O–H groups in total. The summed E-state index contributed by atoms with van der Waals surface area (Å²) in [6, 6.07) is 7.44. The first-order valence-electron chi connectivity index (χ1n) is 9.20. The molecule has 0 unspecified atom stereocenters. The Kier molecular flexibility index (Phi) is 7.18. The number of nitro benzene ring substituents is 2. The molecule has 0 saturated heterocycles. The van der Waals surface area contributed by atoms with Gasteiger partial charge in [0, 0.05) is 17.8 Å². The van der Waals surface area contributed by atoms with Gasteiger partial charge < -0.3 is 10.1 Å². The lowest BCUT2D eigenvalue weighted by Crippen LogP contribution is -2.22. The maximum absolute atomic E-state index is 12.3. The minimum atomic E-state index is -1.07. The number of anilines is 1. The highest BCUT2D eigenvalue weighted by Gasteiger charge is 2.26. The van der Waals surface area contributed by atoms with E-state index in [1.165, 1.54) is 6.92 Å². The lowest BCUT2D eigenvalue weighted by Gasteiger charge is -2.14. The van der Waals surface area contributed by atoms with E-state index in [9.17, 15) is 29.8 Å². The lowest BCUT2D eigenvalue weighted by molar-refractivity contribution is -0.395. The van der Waals surface area contributed by atoms with Gasteiger partial charge in [-0.05, 0) is 30.9 Å². The summed E-state index contributed by atoms with van der Waals surface area (Å²) in [5.41, 5.74) is 0.801. The van der Waals surface area contributed by atoms with E-state index in [-0.39, 0.29) is 11.1 Å². The average Bonchev–Trinajstić information content (AvgIpc) is 2.71. The summed E-state index contributed by atoms with van der Waals surface area (Å²) in [6.45, 7) is 4.47. The van der Waals surface area contributed by atoms with Crippen LogP contribution in [-0.2, 0) is 22.4 Å². The van der Waals surface area contributed by atoms with Crippen molar-refractivity contribution >= 4 is 28.9 Å². The zero-order valence-corrected chi connectivity index (χ0v) is 16.8. The number of rotatable bonds is 8. The Bertz CT molecular complexity index is 960.